The number of ether oxygens (including phenoxy) is 1. The number of carbonyl (C=O) groups excluding carboxylic acids is 1. The van der Waals surface area contributed by atoms with Crippen molar-refractivity contribution < 1.29 is 9.53 Å². The molecule has 20 heavy (non-hydrogen) atoms. The van der Waals surface area contributed by atoms with Gasteiger partial charge in [-0.15, -0.1) is 0 Å². The minimum atomic E-state index is -0.339. The molecule has 3 N–H and O–H groups in total. The number of hydrogen-bond donors (Lipinski definition) is 2. The van der Waals surface area contributed by atoms with E-state index in [2.05, 4.69) is 21.2 Å². The van der Waals surface area contributed by atoms with E-state index in [0.717, 1.165) is 0 Å². The zero-order chi connectivity index (χ0) is 14.7. The Morgan fingerprint density at radius 2 is 2.10 bits per heavy atom. The summed E-state index contributed by atoms with van der Waals surface area (Å²) in [5.41, 5.74) is 7.11. The van der Waals surface area contributed by atoms with Crippen LogP contribution in [0, 0.1) is 0 Å². The Labute approximate surface area is 130 Å². The Kier molecular flexibility index (Phi) is 4.52. The smallest absolute Gasteiger partial charge is 0.261 e. The summed E-state index contributed by atoms with van der Waals surface area (Å²) in [6, 6.07) is 10.2. The third-order valence-corrected chi connectivity index (χ3v) is 3.90. The highest BCUT2D eigenvalue weighted by Crippen LogP contribution is 2.28. The normalized spacial score (nSPS) is 10.2. The third-order valence-electron chi connectivity index (χ3n) is 2.68. The van der Waals surface area contributed by atoms with Crippen molar-refractivity contribution >= 4 is 44.8 Å². The van der Waals surface area contributed by atoms with Gasteiger partial charge in [-0.05, 0) is 46.3 Å². The fraction of sp³-hybridized carbons (Fsp3) is 0.0714. The molecule has 2 aromatic carbocycles. The van der Waals surface area contributed by atoms with Crippen molar-refractivity contribution in [2.45, 2.75) is 0 Å². The molecule has 0 atom stereocenters. The van der Waals surface area contributed by atoms with Gasteiger partial charge in [0.25, 0.3) is 5.91 Å². The lowest BCUT2D eigenvalue weighted by atomic mass is 10.1. The highest BCUT2D eigenvalue weighted by atomic mass is 79.9. The van der Waals surface area contributed by atoms with Crippen molar-refractivity contribution in [1.29, 1.82) is 0 Å². The minimum absolute atomic E-state index is 0.307. The first-order valence-corrected chi connectivity index (χ1v) is 6.89. The van der Waals surface area contributed by atoms with Crippen molar-refractivity contribution in [3.8, 4) is 5.75 Å². The molecule has 1 amide bonds. The molecule has 0 aliphatic carbocycles. The maximum absolute atomic E-state index is 12.3. The molecular weight excluding hydrogens is 344 g/mol. The molecule has 104 valence electrons. The molecule has 0 spiro atoms. The molecule has 2 aromatic rings. The lowest BCUT2D eigenvalue weighted by Gasteiger charge is -2.12. The number of nitrogen functional groups attached to an aromatic ring is 1. The van der Waals surface area contributed by atoms with E-state index in [9.17, 15) is 4.79 Å². The van der Waals surface area contributed by atoms with E-state index in [4.69, 9.17) is 22.1 Å². The summed E-state index contributed by atoms with van der Waals surface area (Å²) in [4.78, 5) is 12.3. The summed E-state index contributed by atoms with van der Waals surface area (Å²) < 4.78 is 5.86. The summed E-state index contributed by atoms with van der Waals surface area (Å²) >= 11 is 9.21. The zero-order valence-electron chi connectivity index (χ0n) is 10.6. The van der Waals surface area contributed by atoms with Crippen LogP contribution >= 0.6 is 27.5 Å². The van der Waals surface area contributed by atoms with E-state index in [1.54, 1.807) is 36.4 Å². The van der Waals surface area contributed by atoms with Crippen LogP contribution in [0.4, 0.5) is 11.4 Å². The number of anilines is 2. The van der Waals surface area contributed by atoms with Crippen molar-refractivity contribution in [1.82, 2.24) is 0 Å². The van der Waals surface area contributed by atoms with Gasteiger partial charge in [0.2, 0.25) is 0 Å². The number of amides is 1. The molecule has 4 nitrogen and oxygen atoms in total. The van der Waals surface area contributed by atoms with E-state index < -0.39 is 0 Å². The Bertz CT molecular complexity index is 662. The van der Waals surface area contributed by atoms with Gasteiger partial charge in [-0.2, -0.15) is 0 Å². The first-order chi connectivity index (χ1) is 9.52. The Hall–Kier alpha value is -1.72. The summed E-state index contributed by atoms with van der Waals surface area (Å²) in [5.74, 6) is 0.0877. The fourth-order valence-electron chi connectivity index (χ4n) is 1.73. The van der Waals surface area contributed by atoms with E-state index in [0.29, 0.717) is 32.2 Å². The summed E-state index contributed by atoms with van der Waals surface area (Å²) in [6.45, 7) is 0. The monoisotopic (exact) mass is 354 g/mol. The number of benzene rings is 2. The second-order valence-corrected chi connectivity index (χ2v) is 5.27. The topological polar surface area (TPSA) is 64.3 Å². The predicted molar refractivity (Wildman–Crippen MR) is 84.5 cm³/mol. The summed E-state index contributed by atoms with van der Waals surface area (Å²) in [6.07, 6.45) is 0. The molecule has 0 heterocycles. The molecule has 0 unspecified atom stereocenters. The predicted octanol–water partition coefficient (Wildman–Crippen LogP) is 3.95. The van der Waals surface area contributed by atoms with Crippen LogP contribution in [0.1, 0.15) is 10.4 Å². The average Bonchev–Trinajstić information content (AvgIpc) is 2.42. The molecule has 0 aliphatic rings. The molecule has 0 saturated carbocycles. The number of nitrogens with one attached hydrogen (secondary N) is 1. The maximum atomic E-state index is 12.3. The maximum Gasteiger partial charge on any atom is 0.261 e. The van der Waals surface area contributed by atoms with Crippen molar-refractivity contribution in [2.75, 3.05) is 18.2 Å². The second kappa shape index (κ2) is 6.15. The highest BCUT2D eigenvalue weighted by molar-refractivity contribution is 9.10. The Morgan fingerprint density at radius 1 is 1.35 bits per heavy atom. The van der Waals surface area contributed by atoms with Crippen LogP contribution in [0.5, 0.6) is 5.75 Å². The largest absolute Gasteiger partial charge is 0.496 e. The van der Waals surface area contributed by atoms with Gasteiger partial charge >= 0.3 is 0 Å². The Balaban J connectivity index is 2.30. The van der Waals surface area contributed by atoms with Gasteiger partial charge in [-0.3, -0.25) is 4.79 Å². The molecular formula is C14H12BrClN2O2. The summed E-state index contributed by atoms with van der Waals surface area (Å²) in [5, 5.41) is 3.32. The van der Waals surface area contributed by atoms with E-state index in [1.807, 2.05) is 0 Å². The van der Waals surface area contributed by atoms with Gasteiger partial charge in [0.1, 0.15) is 11.3 Å². The van der Waals surface area contributed by atoms with E-state index in [1.165, 1.54) is 7.11 Å². The van der Waals surface area contributed by atoms with Crippen LogP contribution in [0.15, 0.2) is 40.9 Å². The average molecular weight is 356 g/mol. The van der Waals surface area contributed by atoms with Crippen molar-refractivity contribution in [2.24, 2.45) is 0 Å². The number of methoxy groups -OCH3 is 1. The molecule has 0 aliphatic heterocycles. The lowest BCUT2D eigenvalue weighted by molar-refractivity contribution is 0.102. The number of hydrogen-bond acceptors (Lipinski definition) is 3. The standard InChI is InChI=1S/C14H12BrClN2O2/c1-20-12-4-2-3-11(17)13(12)14(19)18-8-5-6-10(16)9(15)7-8/h2-7H,17H2,1H3,(H,18,19). The first-order valence-electron chi connectivity index (χ1n) is 5.72. The van der Waals surface area contributed by atoms with Crippen LogP contribution < -0.4 is 15.8 Å². The quantitative estimate of drug-likeness (QED) is 0.820. The zero-order valence-corrected chi connectivity index (χ0v) is 13.0. The minimum Gasteiger partial charge on any atom is -0.496 e. The van der Waals surface area contributed by atoms with Crippen molar-refractivity contribution in [3.63, 3.8) is 0 Å². The molecule has 0 fully saturated rings. The lowest BCUT2D eigenvalue weighted by Crippen LogP contribution is -2.15. The van der Waals surface area contributed by atoms with Crippen molar-refractivity contribution in [3.05, 3.63) is 51.5 Å². The summed E-state index contributed by atoms with van der Waals surface area (Å²) in [7, 11) is 1.49. The molecule has 6 heteroatoms. The van der Waals surface area contributed by atoms with E-state index >= 15 is 0 Å². The molecule has 0 saturated heterocycles. The number of nitrogens with two attached hydrogens (primary N) is 1. The number of carbonyl (C=O) groups is 1. The van der Waals surface area contributed by atoms with Crippen LogP contribution in [0.25, 0.3) is 0 Å². The van der Waals surface area contributed by atoms with Gasteiger partial charge < -0.3 is 15.8 Å². The second-order valence-electron chi connectivity index (χ2n) is 4.01. The van der Waals surface area contributed by atoms with Crippen LogP contribution in [0.2, 0.25) is 5.02 Å². The molecule has 0 aromatic heterocycles. The third kappa shape index (κ3) is 3.05. The van der Waals surface area contributed by atoms with Gasteiger partial charge in [0, 0.05) is 15.8 Å². The number of halogens is 2. The van der Waals surface area contributed by atoms with Gasteiger partial charge in [-0.1, -0.05) is 17.7 Å². The van der Waals surface area contributed by atoms with Gasteiger partial charge in [0.05, 0.1) is 12.1 Å². The molecule has 0 bridgehead atoms. The molecule has 0 radical (unpaired) electrons. The van der Waals surface area contributed by atoms with Gasteiger partial charge in [-0.25, -0.2) is 0 Å². The highest BCUT2D eigenvalue weighted by Gasteiger charge is 2.16. The fourth-order valence-corrected chi connectivity index (χ4v) is 2.23. The van der Waals surface area contributed by atoms with Crippen LogP contribution in [-0.4, -0.2) is 13.0 Å². The van der Waals surface area contributed by atoms with Crippen LogP contribution in [0.3, 0.4) is 0 Å². The molecule has 2 rings (SSSR count). The van der Waals surface area contributed by atoms with Gasteiger partial charge in [0.15, 0.2) is 0 Å². The van der Waals surface area contributed by atoms with E-state index in [-0.39, 0.29) is 5.91 Å². The Morgan fingerprint density at radius 3 is 2.75 bits per heavy atom. The number of rotatable bonds is 3. The SMILES string of the molecule is COc1cccc(N)c1C(=O)Nc1ccc(Cl)c(Br)c1. The first kappa shape index (κ1) is 14.7. The van der Waals surface area contributed by atoms with Crippen LogP contribution in [-0.2, 0) is 0 Å².